The molecule has 196 valence electrons. The van der Waals surface area contributed by atoms with Crippen LogP contribution in [0.3, 0.4) is 0 Å². The molecule has 2 saturated heterocycles. The standard InChI is InChI=1S/C29H37N5O2S/c1-4-36-24-11-9-23(10-12-24)34-28(27(31-29(34)37)26-8-5-6-13-30-26)25-20-21(2)33(22(25)3)15-7-14-32-16-18-35-19-17-32/h5-6,8-13,20,27-28H,4,7,14-19H2,1-3H3,(H,31,37)/t27-,28+/m0/s1. The van der Waals surface area contributed by atoms with Crippen LogP contribution in [0.25, 0.3) is 0 Å². The van der Waals surface area contributed by atoms with E-state index in [9.17, 15) is 0 Å². The number of anilines is 1. The van der Waals surface area contributed by atoms with Gasteiger partial charge in [0.1, 0.15) is 5.75 Å². The first-order chi connectivity index (χ1) is 18.1. The zero-order valence-electron chi connectivity index (χ0n) is 22.0. The Kier molecular flexibility index (Phi) is 8.08. The normalized spacial score (nSPS) is 20.3. The number of aromatic nitrogens is 2. The summed E-state index contributed by atoms with van der Waals surface area (Å²) in [6, 6.07) is 16.6. The quantitative estimate of drug-likeness (QED) is 0.408. The fraction of sp³-hybridized carbons (Fsp3) is 0.448. The molecular weight excluding hydrogens is 482 g/mol. The van der Waals surface area contributed by atoms with Crippen molar-refractivity contribution in [2.75, 3.05) is 44.4 Å². The third kappa shape index (κ3) is 5.51. The number of rotatable bonds is 9. The van der Waals surface area contributed by atoms with Gasteiger partial charge in [-0.15, -0.1) is 0 Å². The van der Waals surface area contributed by atoms with Gasteiger partial charge in [0, 0.05) is 49.5 Å². The molecule has 0 bridgehead atoms. The number of hydrogen-bond donors (Lipinski definition) is 1. The molecule has 2 aromatic heterocycles. The van der Waals surface area contributed by atoms with Crippen molar-refractivity contribution < 1.29 is 9.47 Å². The van der Waals surface area contributed by atoms with Crippen molar-refractivity contribution in [2.24, 2.45) is 0 Å². The summed E-state index contributed by atoms with van der Waals surface area (Å²) >= 11 is 5.92. The predicted molar refractivity (Wildman–Crippen MR) is 151 cm³/mol. The minimum Gasteiger partial charge on any atom is -0.494 e. The molecule has 0 unspecified atom stereocenters. The van der Waals surface area contributed by atoms with E-state index in [1.807, 2.05) is 37.4 Å². The maximum atomic E-state index is 5.92. The van der Waals surface area contributed by atoms with Crippen LogP contribution in [0.2, 0.25) is 0 Å². The average Bonchev–Trinajstić information content (AvgIpc) is 3.41. The van der Waals surface area contributed by atoms with Gasteiger partial charge in [-0.3, -0.25) is 9.88 Å². The Morgan fingerprint density at radius 3 is 2.57 bits per heavy atom. The number of aryl methyl sites for hydroxylation is 1. The summed E-state index contributed by atoms with van der Waals surface area (Å²) in [5.74, 6) is 0.862. The van der Waals surface area contributed by atoms with E-state index in [0.717, 1.165) is 62.9 Å². The molecule has 2 aliphatic heterocycles. The fourth-order valence-corrected chi connectivity index (χ4v) is 5.91. The number of nitrogens with one attached hydrogen (secondary N) is 1. The molecule has 8 heteroatoms. The lowest BCUT2D eigenvalue weighted by Crippen LogP contribution is -2.37. The van der Waals surface area contributed by atoms with Gasteiger partial charge >= 0.3 is 0 Å². The summed E-state index contributed by atoms with van der Waals surface area (Å²) in [7, 11) is 0. The molecule has 0 spiro atoms. The van der Waals surface area contributed by atoms with Crippen LogP contribution in [-0.4, -0.2) is 59.0 Å². The second-order valence-electron chi connectivity index (χ2n) is 9.71. The lowest BCUT2D eigenvalue weighted by Gasteiger charge is -2.28. The van der Waals surface area contributed by atoms with Crippen LogP contribution in [0.15, 0.2) is 54.7 Å². The molecule has 37 heavy (non-hydrogen) atoms. The van der Waals surface area contributed by atoms with Crippen LogP contribution >= 0.6 is 12.2 Å². The van der Waals surface area contributed by atoms with Gasteiger partial charge in [0.15, 0.2) is 5.11 Å². The van der Waals surface area contributed by atoms with Gasteiger partial charge in [-0.1, -0.05) is 6.07 Å². The molecule has 3 aromatic rings. The minimum atomic E-state index is -0.0532. The maximum Gasteiger partial charge on any atom is 0.174 e. The zero-order valence-corrected chi connectivity index (χ0v) is 22.8. The first-order valence-corrected chi connectivity index (χ1v) is 13.7. The molecule has 7 nitrogen and oxygen atoms in total. The molecule has 4 heterocycles. The smallest absolute Gasteiger partial charge is 0.174 e. The molecule has 0 saturated carbocycles. The Balaban J connectivity index is 1.45. The molecule has 2 aliphatic rings. The van der Waals surface area contributed by atoms with Crippen LogP contribution in [0.1, 0.15) is 48.1 Å². The van der Waals surface area contributed by atoms with Crippen LogP contribution in [0.4, 0.5) is 5.69 Å². The Morgan fingerprint density at radius 2 is 1.86 bits per heavy atom. The number of pyridine rings is 1. The third-order valence-electron chi connectivity index (χ3n) is 7.42. The molecule has 1 aromatic carbocycles. The summed E-state index contributed by atoms with van der Waals surface area (Å²) < 4.78 is 13.6. The van der Waals surface area contributed by atoms with E-state index in [1.165, 1.54) is 17.0 Å². The zero-order chi connectivity index (χ0) is 25.8. The molecule has 0 radical (unpaired) electrons. The number of ether oxygens (including phenoxy) is 2. The Morgan fingerprint density at radius 1 is 1.08 bits per heavy atom. The monoisotopic (exact) mass is 519 g/mol. The average molecular weight is 520 g/mol. The van der Waals surface area contributed by atoms with Crippen LogP contribution in [0.5, 0.6) is 5.75 Å². The van der Waals surface area contributed by atoms with Crippen molar-refractivity contribution in [2.45, 2.75) is 45.8 Å². The summed E-state index contributed by atoms with van der Waals surface area (Å²) in [4.78, 5) is 9.45. The van der Waals surface area contributed by atoms with E-state index < -0.39 is 0 Å². The van der Waals surface area contributed by atoms with Crippen molar-refractivity contribution in [3.05, 3.63) is 77.4 Å². The number of hydrogen-bond acceptors (Lipinski definition) is 5. The maximum absolute atomic E-state index is 5.92. The van der Waals surface area contributed by atoms with E-state index in [-0.39, 0.29) is 12.1 Å². The Labute approximate surface area is 225 Å². The first-order valence-electron chi connectivity index (χ1n) is 13.3. The summed E-state index contributed by atoms with van der Waals surface area (Å²) in [6.07, 6.45) is 2.97. The van der Waals surface area contributed by atoms with Gasteiger partial charge in [-0.25, -0.2) is 0 Å². The summed E-state index contributed by atoms with van der Waals surface area (Å²) in [5, 5.41) is 4.30. The second kappa shape index (κ2) is 11.6. The highest BCUT2D eigenvalue weighted by Crippen LogP contribution is 2.43. The van der Waals surface area contributed by atoms with E-state index in [0.29, 0.717) is 11.7 Å². The molecule has 2 fully saturated rings. The molecule has 0 aliphatic carbocycles. The second-order valence-corrected chi connectivity index (χ2v) is 10.1. The highest BCUT2D eigenvalue weighted by atomic mass is 32.1. The van der Waals surface area contributed by atoms with Gasteiger partial charge in [-0.2, -0.15) is 0 Å². The van der Waals surface area contributed by atoms with Crippen LogP contribution < -0.4 is 15.0 Å². The number of benzene rings is 1. The number of morpholine rings is 1. The number of nitrogens with zero attached hydrogens (tertiary/aromatic N) is 4. The van der Waals surface area contributed by atoms with Crippen molar-refractivity contribution in [3.8, 4) is 5.75 Å². The van der Waals surface area contributed by atoms with E-state index in [1.54, 1.807) is 0 Å². The predicted octanol–water partition coefficient (Wildman–Crippen LogP) is 4.80. The molecule has 0 amide bonds. The van der Waals surface area contributed by atoms with Gasteiger partial charge in [0.2, 0.25) is 0 Å². The lowest BCUT2D eigenvalue weighted by atomic mass is 9.96. The molecule has 5 rings (SSSR count). The summed E-state index contributed by atoms with van der Waals surface area (Å²) in [6.45, 7) is 12.9. The molecule has 2 atom stereocenters. The van der Waals surface area contributed by atoms with Gasteiger partial charge in [0.25, 0.3) is 0 Å². The molecular formula is C29H37N5O2S. The lowest BCUT2D eigenvalue weighted by molar-refractivity contribution is 0.0369. The Hall–Kier alpha value is -2.94. The SMILES string of the molecule is CCOc1ccc(N2C(=S)N[C@@H](c3ccccn3)[C@H]2c2cc(C)n(CCCN3CCOCC3)c2C)cc1. The van der Waals surface area contributed by atoms with Gasteiger partial charge in [0.05, 0.1) is 37.6 Å². The largest absolute Gasteiger partial charge is 0.494 e. The fourth-order valence-electron chi connectivity index (χ4n) is 5.57. The third-order valence-corrected chi connectivity index (χ3v) is 7.73. The van der Waals surface area contributed by atoms with Gasteiger partial charge in [-0.05, 0) is 87.4 Å². The van der Waals surface area contributed by atoms with Crippen molar-refractivity contribution >= 4 is 23.0 Å². The topological polar surface area (TPSA) is 54.8 Å². The highest BCUT2D eigenvalue weighted by molar-refractivity contribution is 7.80. The van der Waals surface area contributed by atoms with Crippen molar-refractivity contribution in [1.29, 1.82) is 0 Å². The van der Waals surface area contributed by atoms with Crippen LogP contribution in [-0.2, 0) is 11.3 Å². The van der Waals surface area contributed by atoms with Crippen molar-refractivity contribution in [3.63, 3.8) is 0 Å². The van der Waals surface area contributed by atoms with E-state index in [4.69, 9.17) is 26.7 Å². The minimum absolute atomic E-state index is 0.0143. The highest BCUT2D eigenvalue weighted by Gasteiger charge is 2.42. The van der Waals surface area contributed by atoms with E-state index in [2.05, 4.69) is 57.8 Å². The Bertz CT molecular complexity index is 1190. The van der Waals surface area contributed by atoms with Gasteiger partial charge < -0.3 is 24.3 Å². The van der Waals surface area contributed by atoms with E-state index >= 15 is 0 Å². The number of thiocarbonyl (C=S) groups is 1. The van der Waals surface area contributed by atoms with Crippen LogP contribution in [0, 0.1) is 13.8 Å². The van der Waals surface area contributed by atoms with Crippen molar-refractivity contribution in [1.82, 2.24) is 19.8 Å². The summed E-state index contributed by atoms with van der Waals surface area (Å²) in [5.41, 5.74) is 5.87. The molecule has 1 N–H and O–H groups in total. The first kappa shape index (κ1) is 25.7.